The minimum absolute atomic E-state index is 0.0458. The second-order valence-electron chi connectivity index (χ2n) is 6.28. The molecule has 0 fully saturated rings. The Labute approximate surface area is 146 Å². The lowest BCUT2D eigenvalue weighted by molar-refractivity contribution is -0.117. The van der Waals surface area contributed by atoms with Gasteiger partial charge in [0.15, 0.2) is 5.78 Å². The summed E-state index contributed by atoms with van der Waals surface area (Å²) in [4.78, 5) is 12.4. The molecule has 0 saturated heterocycles. The van der Waals surface area contributed by atoms with Crippen LogP contribution in [0.2, 0.25) is 0 Å². The first-order valence-corrected chi connectivity index (χ1v) is 9.64. The van der Waals surface area contributed by atoms with Crippen molar-refractivity contribution in [1.82, 2.24) is 0 Å². The van der Waals surface area contributed by atoms with Crippen molar-refractivity contribution in [3.8, 4) is 11.8 Å². The van der Waals surface area contributed by atoms with E-state index < -0.39 is 22.3 Å². The van der Waals surface area contributed by atoms with Crippen molar-refractivity contribution in [2.24, 2.45) is 5.92 Å². The van der Waals surface area contributed by atoms with E-state index in [-0.39, 0.29) is 18.0 Å². The highest BCUT2D eigenvalue weighted by molar-refractivity contribution is 7.85. The molecule has 128 valence electrons. The molecule has 0 heterocycles. The Morgan fingerprint density at radius 1 is 1.33 bits per heavy atom. The molecule has 1 N–H and O–H groups in total. The van der Waals surface area contributed by atoms with Crippen LogP contribution in [0.15, 0.2) is 41.3 Å². The third-order valence-corrected chi connectivity index (χ3v) is 5.67. The van der Waals surface area contributed by atoms with E-state index >= 15 is 0 Å². The molecule has 1 aromatic rings. The topological polar surface area (TPSA) is 54.4 Å². The number of rotatable bonds is 5. The fraction of sp³-hybridized carbons (Fsp3) is 0.450. The smallest absolute Gasteiger partial charge is 0.156 e. The fourth-order valence-corrected chi connectivity index (χ4v) is 3.89. The lowest BCUT2D eigenvalue weighted by Crippen LogP contribution is -2.44. The number of hydrogen-bond acceptors (Lipinski definition) is 3. The number of unbranched alkanes of at least 4 members (excludes halogenated alkanes) is 2. The standard InChI is InChI=1S/C20H24O3S/c1-3-4-5-6-7-17-14-18(21)12-13-20(17,22)15-24(23)19-10-8-16(2)9-11-19/h8-13,17,22H,3-5,14-15H2,1-2H3/t17-,20-,24+/m0/s1. The summed E-state index contributed by atoms with van der Waals surface area (Å²) in [6.45, 7) is 4.06. The molecule has 4 heteroatoms. The van der Waals surface area contributed by atoms with Gasteiger partial charge in [0.2, 0.25) is 0 Å². The van der Waals surface area contributed by atoms with Crippen LogP contribution in [0.4, 0.5) is 0 Å². The van der Waals surface area contributed by atoms with Gasteiger partial charge in [0, 0.05) is 17.7 Å². The van der Waals surface area contributed by atoms with Crippen molar-refractivity contribution in [2.45, 2.75) is 50.0 Å². The van der Waals surface area contributed by atoms with Crippen molar-refractivity contribution in [3.05, 3.63) is 42.0 Å². The maximum Gasteiger partial charge on any atom is 0.156 e. The quantitative estimate of drug-likeness (QED) is 0.659. The minimum atomic E-state index is -1.35. The van der Waals surface area contributed by atoms with Crippen molar-refractivity contribution < 1.29 is 14.1 Å². The molecule has 0 amide bonds. The van der Waals surface area contributed by atoms with E-state index in [1.54, 1.807) is 0 Å². The zero-order chi connectivity index (χ0) is 17.6. The van der Waals surface area contributed by atoms with Crippen LogP contribution in [0.25, 0.3) is 0 Å². The molecule has 0 saturated carbocycles. The SMILES string of the molecule is CCCCC#C[C@H]1CC(=O)C=C[C@]1(O)C[S@@](=O)c1ccc(C)cc1. The van der Waals surface area contributed by atoms with Gasteiger partial charge < -0.3 is 5.11 Å². The van der Waals surface area contributed by atoms with Gasteiger partial charge in [-0.25, -0.2) is 0 Å². The third kappa shape index (κ3) is 4.90. The van der Waals surface area contributed by atoms with E-state index in [1.807, 2.05) is 31.2 Å². The first kappa shape index (κ1) is 18.6. The second-order valence-corrected chi connectivity index (χ2v) is 7.73. The molecule has 1 aliphatic rings. The molecule has 1 aromatic carbocycles. The Bertz CT molecular complexity index is 694. The molecule has 0 unspecified atom stereocenters. The summed E-state index contributed by atoms with van der Waals surface area (Å²) in [6.07, 6.45) is 5.84. The van der Waals surface area contributed by atoms with Crippen LogP contribution in [-0.2, 0) is 15.6 Å². The van der Waals surface area contributed by atoms with Crippen LogP contribution in [0.5, 0.6) is 0 Å². The predicted octanol–water partition coefficient (Wildman–Crippen LogP) is 3.17. The summed E-state index contributed by atoms with van der Waals surface area (Å²) in [5.41, 5.74) is -0.236. The summed E-state index contributed by atoms with van der Waals surface area (Å²) in [7, 11) is -1.35. The summed E-state index contributed by atoms with van der Waals surface area (Å²) in [5.74, 6) is 5.60. The number of benzene rings is 1. The molecule has 0 aliphatic heterocycles. The summed E-state index contributed by atoms with van der Waals surface area (Å²) < 4.78 is 12.6. The van der Waals surface area contributed by atoms with E-state index in [0.717, 1.165) is 24.8 Å². The molecular formula is C20H24O3S. The summed E-state index contributed by atoms with van der Waals surface area (Å²) in [5, 5.41) is 11.0. The highest BCUT2D eigenvalue weighted by Crippen LogP contribution is 2.29. The molecule has 0 radical (unpaired) electrons. The molecular weight excluding hydrogens is 320 g/mol. The van der Waals surface area contributed by atoms with Gasteiger partial charge in [0.1, 0.15) is 5.60 Å². The fourth-order valence-electron chi connectivity index (χ4n) is 2.57. The van der Waals surface area contributed by atoms with E-state index in [1.165, 1.54) is 12.2 Å². The number of ketones is 1. The first-order valence-electron chi connectivity index (χ1n) is 8.32. The number of hydrogen-bond donors (Lipinski definition) is 1. The van der Waals surface area contributed by atoms with Crippen molar-refractivity contribution in [2.75, 3.05) is 5.75 Å². The average Bonchev–Trinajstić information content (AvgIpc) is 2.55. The lowest BCUT2D eigenvalue weighted by Gasteiger charge is -2.32. The Morgan fingerprint density at radius 3 is 2.71 bits per heavy atom. The zero-order valence-electron chi connectivity index (χ0n) is 14.2. The Morgan fingerprint density at radius 2 is 2.04 bits per heavy atom. The Balaban J connectivity index is 2.17. The Kier molecular flexibility index (Phi) is 6.53. The van der Waals surface area contributed by atoms with Crippen LogP contribution in [0.1, 0.15) is 38.2 Å². The number of allylic oxidation sites excluding steroid dienone is 1. The molecule has 2 rings (SSSR count). The maximum atomic E-state index is 12.6. The van der Waals surface area contributed by atoms with Crippen LogP contribution >= 0.6 is 0 Å². The van der Waals surface area contributed by atoms with Crippen molar-refractivity contribution in [1.29, 1.82) is 0 Å². The Hall–Kier alpha value is -1.70. The number of aliphatic hydroxyl groups is 1. The van der Waals surface area contributed by atoms with Crippen LogP contribution in [0.3, 0.4) is 0 Å². The second kappa shape index (κ2) is 8.41. The van der Waals surface area contributed by atoms with Gasteiger partial charge in [-0.2, -0.15) is 0 Å². The van der Waals surface area contributed by atoms with Gasteiger partial charge in [-0.05, 0) is 37.6 Å². The molecule has 0 bridgehead atoms. The molecule has 3 nitrogen and oxygen atoms in total. The number of carbonyl (C=O) groups is 1. The normalized spacial score (nSPS) is 24.3. The highest BCUT2D eigenvalue weighted by atomic mass is 32.2. The molecule has 24 heavy (non-hydrogen) atoms. The van der Waals surface area contributed by atoms with E-state index in [0.29, 0.717) is 4.90 Å². The van der Waals surface area contributed by atoms with Gasteiger partial charge in [0.25, 0.3) is 0 Å². The number of aryl methyl sites for hydroxylation is 1. The third-order valence-electron chi connectivity index (χ3n) is 4.14. The van der Waals surface area contributed by atoms with E-state index in [4.69, 9.17) is 0 Å². The monoisotopic (exact) mass is 344 g/mol. The lowest BCUT2D eigenvalue weighted by atomic mass is 9.81. The van der Waals surface area contributed by atoms with Crippen LogP contribution < -0.4 is 0 Å². The summed E-state index contributed by atoms with van der Waals surface area (Å²) >= 11 is 0. The van der Waals surface area contributed by atoms with Crippen LogP contribution in [-0.4, -0.2) is 26.5 Å². The summed E-state index contributed by atoms with van der Waals surface area (Å²) in [6, 6.07) is 7.43. The highest BCUT2D eigenvalue weighted by Gasteiger charge is 2.39. The zero-order valence-corrected chi connectivity index (χ0v) is 15.1. The van der Waals surface area contributed by atoms with E-state index in [2.05, 4.69) is 18.8 Å². The largest absolute Gasteiger partial charge is 0.383 e. The van der Waals surface area contributed by atoms with Gasteiger partial charge in [-0.3, -0.25) is 9.00 Å². The molecule has 1 aliphatic carbocycles. The van der Waals surface area contributed by atoms with Gasteiger partial charge in [-0.1, -0.05) is 37.0 Å². The van der Waals surface area contributed by atoms with Crippen LogP contribution in [0, 0.1) is 24.7 Å². The molecule has 3 atom stereocenters. The number of carbonyl (C=O) groups excluding carboxylic acids is 1. The van der Waals surface area contributed by atoms with Gasteiger partial charge >= 0.3 is 0 Å². The van der Waals surface area contributed by atoms with Gasteiger partial charge in [-0.15, -0.1) is 5.92 Å². The predicted molar refractivity (Wildman–Crippen MR) is 97.0 cm³/mol. The average molecular weight is 344 g/mol. The molecule has 0 spiro atoms. The molecule has 0 aromatic heterocycles. The minimum Gasteiger partial charge on any atom is -0.383 e. The van der Waals surface area contributed by atoms with Crippen molar-refractivity contribution in [3.63, 3.8) is 0 Å². The van der Waals surface area contributed by atoms with E-state index in [9.17, 15) is 14.1 Å². The first-order chi connectivity index (χ1) is 11.4. The van der Waals surface area contributed by atoms with Gasteiger partial charge in [0.05, 0.1) is 22.5 Å². The maximum absolute atomic E-state index is 12.6. The van der Waals surface area contributed by atoms with Crippen molar-refractivity contribution >= 4 is 16.6 Å².